The first-order valence-electron chi connectivity index (χ1n) is 7.98. The summed E-state index contributed by atoms with van der Waals surface area (Å²) >= 11 is 12.1. The van der Waals surface area contributed by atoms with Gasteiger partial charge in [-0.1, -0.05) is 42.5 Å². The van der Waals surface area contributed by atoms with Gasteiger partial charge in [-0.15, -0.1) is 0 Å². The molecule has 0 aliphatic heterocycles. The summed E-state index contributed by atoms with van der Waals surface area (Å²) in [6.45, 7) is 0. The lowest BCUT2D eigenvalue weighted by Gasteiger charge is -2.22. The summed E-state index contributed by atoms with van der Waals surface area (Å²) in [6, 6.07) is 6.90. The summed E-state index contributed by atoms with van der Waals surface area (Å²) < 4.78 is 0. The number of rotatable bonds is 4. The Morgan fingerprint density at radius 1 is 1.12 bits per heavy atom. The first-order valence-corrected chi connectivity index (χ1v) is 8.73. The Morgan fingerprint density at radius 2 is 1.92 bits per heavy atom. The van der Waals surface area contributed by atoms with Crippen LogP contribution >= 0.6 is 23.2 Å². The first kappa shape index (κ1) is 17.0. The predicted molar refractivity (Wildman–Crippen MR) is 96.1 cm³/mol. The van der Waals surface area contributed by atoms with Crippen molar-refractivity contribution in [2.75, 3.05) is 5.32 Å². The zero-order chi connectivity index (χ0) is 16.9. The van der Waals surface area contributed by atoms with Crippen molar-refractivity contribution in [2.24, 2.45) is 0 Å². The Labute approximate surface area is 150 Å². The number of benzene rings is 1. The fraction of sp³-hybridized carbons (Fsp3) is 0.353. The van der Waals surface area contributed by atoms with Crippen molar-refractivity contribution < 1.29 is 4.79 Å². The van der Waals surface area contributed by atoms with Crippen LogP contribution in [0.1, 0.15) is 42.6 Å². The van der Waals surface area contributed by atoms with E-state index in [0.29, 0.717) is 27.4 Å². The number of nitrogens with zero attached hydrogens (tertiary/aromatic N) is 2. The molecule has 126 valence electrons. The number of aromatic nitrogens is 2. The lowest BCUT2D eigenvalue weighted by Crippen LogP contribution is -2.36. The van der Waals surface area contributed by atoms with E-state index in [1.54, 1.807) is 30.5 Å². The van der Waals surface area contributed by atoms with E-state index < -0.39 is 0 Å². The summed E-state index contributed by atoms with van der Waals surface area (Å²) in [5, 5.41) is 7.09. The number of nitrogens with one attached hydrogen (secondary N) is 2. The standard InChI is InChI=1S/C17H18Cl2N4O/c18-11-6-7-13(19)15(10-11)23-17-20-9-8-14(22-17)16(24)21-12-4-2-1-3-5-12/h6-10,12H,1-5H2,(H,21,24)(H,20,22,23). The second kappa shape index (κ2) is 7.81. The molecule has 1 aromatic heterocycles. The van der Waals surface area contributed by atoms with E-state index in [-0.39, 0.29) is 11.9 Å². The summed E-state index contributed by atoms with van der Waals surface area (Å²) in [4.78, 5) is 20.8. The van der Waals surface area contributed by atoms with Crippen molar-refractivity contribution in [1.82, 2.24) is 15.3 Å². The number of carbonyl (C=O) groups is 1. The van der Waals surface area contributed by atoms with Crippen LogP contribution in [0.25, 0.3) is 0 Å². The van der Waals surface area contributed by atoms with Gasteiger partial charge in [-0.05, 0) is 37.1 Å². The van der Waals surface area contributed by atoms with Gasteiger partial charge in [-0.25, -0.2) is 9.97 Å². The third-order valence-corrected chi connectivity index (χ3v) is 4.57. The number of anilines is 2. The van der Waals surface area contributed by atoms with Gasteiger partial charge < -0.3 is 10.6 Å². The average Bonchev–Trinajstić information content (AvgIpc) is 2.59. The number of halogens is 2. The monoisotopic (exact) mass is 364 g/mol. The van der Waals surface area contributed by atoms with Gasteiger partial charge in [0.15, 0.2) is 0 Å². The van der Waals surface area contributed by atoms with Crippen LogP contribution in [0.2, 0.25) is 10.0 Å². The Bertz CT molecular complexity index is 732. The Morgan fingerprint density at radius 3 is 2.71 bits per heavy atom. The molecule has 0 unspecified atom stereocenters. The van der Waals surface area contributed by atoms with Crippen LogP contribution in [-0.2, 0) is 0 Å². The molecular formula is C17H18Cl2N4O. The zero-order valence-electron chi connectivity index (χ0n) is 13.1. The highest BCUT2D eigenvalue weighted by atomic mass is 35.5. The molecule has 2 aromatic rings. The Kier molecular flexibility index (Phi) is 5.53. The second-order valence-electron chi connectivity index (χ2n) is 5.82. The zero-order valence-corrected chi connectivity index (χ0v) is 14.6. The molecule has 0 atom stereocenters. The molecule has 1 amide bonds. The van der Waals surface area contributed by atoms with Gasteiger partial charge in [0, 0.05) is 17.3 Å². The van der Waals surface area contributed by atoms with E-state index in [4.69, 9.17) is 23.2 Å². The lowest BCUT2D eigenvalue weighted by atomic mass is 9.95. The van der Waals surface area contributed by atoms with E-state index >= 15 is 0 Å². The SMILES string of the molecule is O=C(NC1CCCCC1)c1ccnc(Nc2cc(Cl)ccc2Cl)n1. The molecule has 3 rings (SSSR count). The van der Waals surface area contributed by atoms with Gasteiger partial charge in [0.25, 0.3) is 5.91 Å². The minimum Gasteiger partial charge on any atom is -0.348 e. The third-order valence-electron chi connectivity index (χ3n) is 4.00. The topological polar surface area (TPSA) is 66.9 Å². The molecule has 5 nitrogen and oxygen atoms in total. The highest BCUT2D eigenvalue weighted by molar-refractivity contribution is 6.35. The molecule has 7 heteroatoms. The van der Waals surface area contributed by atoms with Crippen LogP contribution in [0, 0.1) is 0 Å². The fourth-order valence-electron chi connectivity index (χ4n) is 2.77. The Balaban J connectivity index is 1.71. The fourth-order valence-corrected chi connectivity index (χ4v) is 3.10. The quantitative estimate of drug-likeness (QED) is 0.832. The molecule has 1 saturated carbocycles. The molecule has 0 radical (unpaired) electrons. The molecule has 0 bridgehead atoms. The van der Waals surface area contributed by atoms with Crippen molar-refractivity contribution in [3.8, 4) is 0 Å². The normalized spacial score (nSPS) is 15.1. The highest BCUT2D eigenvalue weighted by Gasteiger charge is 2.17. The number of carbonyl (C=O) groups excluding carboxylic acids is 1. The average molecular weight is 365 g/mol. The molecule has 1 fully saturated rings. The van der Waals surface area contributed by atoms with E-state index in [9.17, 15) is 4.79 Å². The molecule has 1 heterocycles. The summed E-state index contributed by atoms with van der Waals surface area (Å²) in [5.41, 5.74) is 0.922. The highest BCUT2D eigenvalue weighted by Crippen LogP contribution is 2.27. The molecule has 0 saturated heterocycles. The van der Waals surface area contributed by atoms with Gasteiger partial charge in [-0.2, -0.15) is 0 Å². The minimum absolute atomic E-state index is 0.176. The molecule has 24 heavy (non-hydrogen) atoms. The van der Waals surface area contributed by atoms with Gasteiger partial charge in [0.2, 0.25) is 5.95 Å². The van der Waals surface area contributed by atoms with Crippen molar-refractivity contribution in [3.05, 3.63) is 46.2 Å². The van der Waals surface area contributed by atoms with Gasteiger partial charge in [-0.3, -0.25) is 4.79 Å². The second-order valence-corrected chi connectivity index (χ2v) is 6.67. The minimum atomic E-state index is -0.176. The first-order chi connectivity index (χ1) is 11.6. The van der Waals surface area contributed by atoms with Crippen LogP contribution in [0.4, 0.5) is 11.6 Å². The molecule has 0 spiro atoms. The van der Waals surface area contributed by atoms with Crippen molar-refractivity contribution in [1.29, 1.82) is 0 Å². The van der Waals surface area contributed by atoms with Crippen LogP contribution in [0.5, 0.6) is 0 Å². The molecule has 2 N–H and O–H groups in total. The molecule has 1 aromatic carbocycles. The largest absolute Gasteiger partial charge is 0.348 e. The summed E-state index contributed by atoms with van der Waals surface area (Å²) in [6.07, 6.45) is 7.17. The predicted octanol–water partition coefficient (Wildman–Crippen LogP) is 4.59. The third kappa shape index (κ3) is 4.36. The van der Waals surface area contributed by atoms with Crippen LogP contribution in [-0.4, -0.2) is 21.9 Å². The smallest absolute Gasteiger partial charge is 0.270 e. The van der Waals surface area contributed by atoms with E-state index in [0.717, 1.165) is 25.7 Å². The van der Waals surface area contributed by atoms with Crippen molar-refractivity contribution in [2.45, 2.75) is 38.1 Å². The van der Waals surface area contributed by atoms with Gasteiger partial charge in [0.1, 0.15) is 5.69 Å². The van der Waals surface area contributed by atoms with Crippen LogP contribution < -0.4 is 10.6 Å². The van der Waals surface area contributed by atoms with E-state index in [1.165, 1.54) is 6.42 Å². The maximum atomic E-state index is 12.4. The summed E-state index contributed by atoms with van der Waals surface area (Å²) in [5.74, 6) is 0.125. The number of hydrogen-bond acceptors (Lipinski definition) is 4. The summed E-state index contributed by atoms with van der Waals surface area (Å²) in [7, 11) is 0. The molecule has 1 aliphatic rings. The van der Waals surface area contributed by atoms with E-state index in [2.05, 4.69) is 20.6 Å². The maximum Gasteiger partial charge on any atom is 0.270 e. The number of amides is 1. The van der Waals surface area contributed by atoms with Crippen molar-refractivity contribution >= 4 is 40.7 Å². The molecular weight excluding hydrogens is 347 g/mol. The van der Waals surface area contributed by atoms with E-state index in [1.807, 2.05) is 0 Å². The molecule has 1 aliphatic carbocycles. The van der Waals surface area contributed by atoms with Crippen molar-refractivity contribution in [3.63, 3.8) is 0 Å². The maximum absolute atomic E-state index is 12.4. The lowest BCUT2D eigenvalue weighted by molar-refractivity contribution is 0.0922. The number of hydrogen-bond donors (Lipinski definition) is 2. The Hall–Kier alpha value is -1.85. The van der Waals surface area contributed by atoms with Gasteiger partial charge >= 0.3 is 0 Å². The van der Waals surface area contributed by atoms with Crippen LogP contribution in [0.3, 0.4) is 0 Å². The van der Waals surface area contributed by atoms with Gasteiger partial charge in [0.05, 0.1) is 10.7 Å². The van der Waals surface area contributed by atoms with Crippen LogP contribution in [0.15, 0.2) is 30.5 Å².